The number of hydrogen-bond acceptors (Lipinski definition) is 2. The zero-order valence-corrected chi connectivity index (χ0v) is 9.20. The number of carbonyl (C=O) groups excluding carboxylic acids is 1. The van der Waals surface area contributed by atoms with Crippen LogP contribution < -0.4 is 5.32 Å². The van der Waals surface area contributed by atoms with E-state index in [1.165, 1.54) is 11.8 Å². The summed E-state index contributed by atoms with van der Waals surface area (Å²) in [6.45, 7) is 4.20. The van der Waals surface area contributed by atoms with Crippen molar-refractivity contribution in [1.29, 1.82) is 0 Å². The van der Waals surface area contributed by atoms with Crippen LogP contribution in [0.1, 0.15) is 23.8 Å². The van der Waals surface area contributed by atoms with Crippen molar-refractivity contribution in [2.24, 2.45) is 0 Å². The van der Waals surface area contributed by atoms with Crippen LogP contribution in [-0.4, -0.2) is 12.5 Å². The molecule has 1 amide bonds. The molecule has 1 N–H and O–H groups in total. The van der Waals surface area contributed by atoms with E-state index < -0.39 is 0 Å². The summed E-state index contributed by atoms with van der Waals surface area (Å²) < 4.78 is 0. The van der Waals surface area contributed by atoms with Crippen molar-refractivity contribution >= 4 is 17.2 Å². The average Bonchev–Trinajstić information content (AvgIpc) is 2.50. The quantitative estimate of drug-likeness (QED) is 0.582. The van der Waals surface area contributed by atoms with Gasteiger partial charge >= 0.3 is 0 Å². The number of aryl methyl sites for hydroxylation is 1. The van der Waals surface area contributed by atoms with Crippen LogP contribution in [-0.2, 0) is 4.79 Å². The first-order valence-corrected chi connectivity index (χ1v) is 5.35. The maximum Gasteiger partial charge on any atom is 0.216 e. The van der Waals surface area contributed by atoms with Crippen LogP contribution >= 0.6 is 11.3 Å². The molecule has 0 aliphatic heterocycles. The molecule has 0 radical (unpaired) electrons. The van der Waals surface area contributed by atoms with E-state index in [0.717, 1.165) is 5.56 Å². The van der Waals surface area contributed by atoms with Crippen LogP contribution in [0.25, 0.3) is 0 Å². The highest BCUT2D eigenvalue weighted by Crippen LogP contribution is 2.11. The van der Waals surface area contributed by atoms with E-state index in [1.807, 2.05) is 5.38 Å². The number of hydrogen-bond donors (Lipinski definition) is 1. The zero-order valence-electron chi connectivity index (χ0n) is 8.39. The largest absolute Gasteiger partial charge is 0.355 e. The lowest BCUT2D eigenvalue weighted by molar-refractivity contribution is -0.118. The Morgan fingerprint density at radius 3 is 3.00 bits per heavy atom. The molecule has 2 nitrogen and oxygen atoms in total. The van der Waals surface area contributed by atoms with Crippen LogP contribution in [0, 0.1) is 18.8 Å². The molecule has 14 heavy (non-hydrogen) atoms. The molecule has 1 aromatic rings. The van der Waals surface area contributed by atoms with E-state index >= 15 is 0 Å². The number of thiophene rings is 1. The predicted octanol–water partition coefficient (Wildman–Crippen LogP) is 1.93. The van der Waals surface area contributed by atoms with E-state index in [1.54, 1.807) is 11.3 Å². The van der Waals surface area contributed by atoms with Crippen LogP contribution in [0.15, 0.2) is 11.4 Å². The van der Waals surface area contributed by atoms with Gasteiger partial charge in [0.2, 0.25) is 5.91 Å². The van der Waals surface area contributed by atoms with Gasteiger partial charge in [-0.1, -0.05) is 11.8 Å². The second-order valence-corrected chi connectivity index (χ2v) is 4.10. The molecule has 0 saturated carbocycles. The summed E-state index contributed by atoms with van der Waals surface area (Å²) in [7, 11) is 0. The third-order valence-corrected chi connectivity index (χ3v) is 2.45. The Morgan fingerprint density at radius 1 is 1.64 bits per heavy atom. The fourth-order valence-electron chi connectivity index (χ4n) is 0.975. The summed E-state index contributed by atoms with van der Waals surface area (Å²) in [5, 5.41) is 4.74. The van der Waals surface area contributed by atoms with E-state index in [0.29, 0.717) is 13.0 Å². The molecule has 0 aromatic carbocycles. The number of rotatable bonds is 2. The average molecular weight is 207 g/mol. The molecule has 1 rings (SSSR count). The third kappa shape index (κ3) is 4.11. The van der Waals surface area contributed by atoms with Crippen LogP contribution in [0.2, 0.25) is 0 Å². The van der Waals surface area contributed by atoms with Gasteiger partial charge in [0.1, 0.15) is 0 Å². The van der Waals surface area contributed by atoms with Crippen molar-refractivity contribution in [1.82, 2.24) is 5.32 Å². The molecule has 0 fully saturated rings. The molecule has 3 heteroatoms. The molecule has 0 saturated heterocycles. The Morgan fingerprint density at radius 2 is 2.43 bits per heavy atom. The highest BCUT2D eigenvalue weighted by atomic mass is 32.1. The van der Waals surface area contributed by atoms with Gasteiger partial charge in [-0.05, 0) is 13.0 Å². The summed E-state index contributed by atoms with van der Waals surface area (Å²) in [6.07, 6.45) is 0.703. The second-order valence-electron chi connectivity index (χ2n) is 2.98. The Bertz CT molecular complexity index is 370. The first-order valence-electron chi connectivity index (χ1n) is 4.47. The van der Waals surface area contributed by atoms with Crippen LogP contribution in [0.3, 0.4) is 0 Å². The van der Waals surface area contributed by atoms with Crippen molar-refractivity contribution in [2.45, 2.75) is 20.3 Å². The van der Waals surface area contributed by atoms with Crippen molar-refractivity contribution in [3.05, 3.63) is 21.9 Å². The van der Waals surface area contributed by atoms with Crippen molar-refractivity contribution < 1.29 is 4.79 Å². The van der Waals surface area contributed by atoms with E-state index in [4.69, 9.17) is 0 Å². The molecule has 0 aliphatic carbocycles. The molecule has 0 spiro atoms. The highest BCUT2D eigenvalue weighted by Gasteiger charge is 1.90. The molecule has 1 aromatic heterocycles. The normalized spacial score (nSPS) is 9.00. The Labute approximate surface area is 88.3 Å². The summed E-state index contributed by atoms with van der Waals surface area (Å²) in [5.74, 6) is 6.06. The van der Waals surface area contributed by atoms with Gasteiger partial charge in [0.25, 0.3) is 0 Å². The maximum absolute atomic E-state index is 10.5. The molecule has 74 valence electrons. The smallest absolute Gasteiger partial charge is 0.216 e. The number of amides is 1. The third-order valence-electron chi connectivity index (χ3n) is 1.59. The Hall–Kier alpha value is -1.27. The lowest BCUT2D eigenvalue weighted by Gasteiger charge is -1.94. The van der Waals surface area contributed by atoms with E-state index in [2.05, 4.69) is 30.1 Å². The summed E-state index contributed by atoms with van der Waals surface area (Å²) in [4.78, 5) is 11.8. The summed E-state index contributed by atoms with van der Waals surface area (Å²) in [6, 6.07) is 2.07. The van der Waals surface area contributed by atoms with Crippen molar-refractivity contribution in [3.63, 3.8) is 0 Å². The predicted molar refractivity (Wildman–Crippen MR) is 59.2 cm³/mol. The van der Waals surface area contributed by atoms with Gasteiger partial charge in [-0.15, -0.1) is 11.3 Å². The number of nitrogens with one attached hydrogen (secondary N) is 1. The summed E-state index contributed by atoms with van der Waals surface area (Å²) in [5.41, 5.74) is 1.07. The van der Waals surface area contributed by atoms with Crippen molar-refractivity contribution in [2.75, 3.05) is 6.54 Å². The van der Waals surface area contributed by atoms with Crippen LogP contribution in [0.5, 0.6) is 0 Å². The number of carbonyl (C=O) groups is 1. The SMILES string of the molecule is CC(=O)NCCC#Cc1csc(C)c1. The minimum absolute atomic E-state index is 0.00169. The standard InChI is InChI=1S/C11H13NOS/c1-9-7-11(8-14-9)5-3-4-6-12-10(2)13/h7-8H,4,6H2,1-2H3,(H,12,13). The van der Waals surface area contributed by atoms with Gasteiger partial charge < -0.3 is 5.32 Å². The maximum atomic E-state index is 10.5. The minimum Gasteiger partial charge on any atom is -0.355 e. The molecule has 0 aliphatic rings. The first-order chi connectivity index (χ1) is 6.68. The molecular formula is C11H13NOS. The van der Waals surface area contributed by atoms with Gasteiger partial charge in [-0.3, -0.25) is 4.79 Å². The van der Waals surface area contributed by atoms with Crippen molar-refractivity contribution in [3.8, 4) is 11.8 Å². The van der Waals surface area contributed by atoms with Gasteiger partial charge in [0, 0.05) is 35.7 Å². The molecule has 1 heterocycles. The lowest BCUT2D eigenvalue weighted by atomic mass is 10.3. The molecule has 0 unspecified atom stereocenters. The minimum atomic E-state index is -0.00169. The lowest BCUT2D eigenvalue weighted by Crippen LogP contribution is -2.20. The van der Waals surface area contributed by atoms with Gasteiger partial charge in [0.15, 0.2) is 0 Å². The monoisotopic (exact) mass is 207 g/mol. The second kappa shape index (κ2) is 5.46. The molecular weight excluding hydrogens is 194 g/mol. The fourth-order valence-corrected chi connectivity index (χ4v) is 1.61. The van der Waals surface area contributed by atoms with Gasteiger partial charge in [0.05, 0.1) is 0 Å². The van der Waals surface area contributed by atoms with Gasteiger partial charge in [-0.25, -0.2) is 0 Å². The topological polar surface area (TPSA) is 29.1 Å². The fraction of sp³-hybridized carbons (Fsp3) is 0.364. The Kier molecular flexibility index (Phi) is 4.21. The molecule has 0 bridgehead atoms. The molecule has 0 atom stereocenters. The Balaban J connectivity index is 2.30. The zero-order chi connectivity index (χ0) is 10.4. The van der Waals surface area contributed by atoms with Gasteiger partial charge in [-0.2, -0.15) is 0 Å². The van der Waals surface area contributed by atoms with E-state index in [-0.39, 0.29) is 5.91 Å². The summed E-state index contributed by atoms with van der Waals surface area (Å²) >= 11 is 1.70. The highest BCUT2D eigenvalue weighted by molar-refractivity contribution is 7.10. The van der Waals surface area contributed by atoms with Crippen LogP contribution in [0.4, 0.5) is 0 Å². The first kappa shape index (κ1) is 10.8. The van der Waals surface area contributed by atoms with E-state index in [9.17, 15) is 4.79 Å².